The molecule has 180 valence electrons. The molecule has 4 aromatic rings. The van der Waals surface area contributed by atoms with E-state index in [9.17, 15) is 9.59 Å². The van der Waals surface area contributed by atoms with E-state index in [4.69, 9.17) is 9.72 Å². The van der Waals surface area contributed by atoms with Crippen molar-refractivity contribution >= 4 is 16.9 Å². The van der Waals surface area contributed by atoms with Crippen LogP contribution in [0.4, 0.5) is 0 Å². The molecule has 1 fully saturated rings. The van der Waals surface area contributed by atoms with Crippen molar-refractivity contribution < 1.29 is 4.74 Å². The van der Waals surface area contributed by atoms with Gasteiger partial charge in [-0.1, -0.05) is 23.8 Å². The molecule has 0 unspecified atom stereocenters. The highest BCUT2D eigenvalue weighted by Crippen LogP contribution is 2.21. The molecular weight excluding hydrogens is 432 g/mol. The van der Waals surface area contributed by atoms with E-state index in [1.54, 1.807) is 7.05 Å². The van der Waals surface area contributed by atoms with Crippen molar-refractivity contribution in [1.82, 2.24) is 28.0 Å². The molecule has 0 saturated carbocycles. The highest BCUT2D eigenvalue weighted by molar-refractivity contribution is 5.76. The number of fused-ring (bicyclic) bond motifs is 3. The lowest BCUT2D eigenvalue weighted by atomic mass is 10.1. The molecule has 0 radical (unpaired) electrons. The van der Waals surface area contributed by atoms with Crippen molar-refractivity contribution in [2.45, 2.75) is 40.8 Å². The molecule has 0 spiro atoms. The van der Waals surface area contributed by atoms with Crippen LogP contribution in [0.25, 0.3) is 16.9 Å². The Bertz CT molecular complexity index is 1510. The lowest BCUT2D eigenvalue weighted by Gasteiger charge is -2.26. The molecule has 1 aromatic carbocycles. The van der Waals surface area contributed by atoms with Gasteiger partial charge in [-0.05, 0) is 38.8 Å². The largest absolute Gasteiger partial charge is 0.379 e. The molecule has 3 aromatic heterocycles. The normalized spacial score (nSPS) is 15.1. The van der Waals surface area contributed by atoms with Crippen molar-refractivity contribution in [1.29, 1.82) is 0 Å². The molecular formula is C25H32N6O3. The first-order valence-electron chi connectivity index (χ1n) is 11.8. The van der Waals surface area contributed by atoms with Gasteiger partial charge in [0, 0.05) is 44.6 Å². The van der Waals surface area contributed by atoms with Gasteiger partial charge < -0.3 is 9.30 Å². The van der Waals surface area contributed by atoms with Gasteiger partial charge in [0.05, 0.1) is 19.8 Å². The third kappa shape index (κ3) is 3.59. The van der Waals surface area contributed by atoms with E-state index in [2.05, 4.69) is 16.4 Å². The molecule has 0 amide bonds. The summed E-state index contributed by atoms with van der Waals surface area (Å²) in [5.74, 6) is 0.704. The van der Waals surface area contributed by atoms with Crippen molar-refractivity contribution in [2.24, 2.45) is 7.05 Å². The number of hydrogen-bond acceptors (Lipinski definition) is 5. The van der Waals surface area contributed by atoms with Crippen LogP contribution in [0.3, 0.4) is 0 Å². The van der Waals surface area contributed by atoms with E-state index in [1.807, 2.05) is 43.4 Å². The molecule has 1 aliphatic rings. The molecule has 4 heterocycles. The summed E-state index contributed by atoms with van der Waals surface area (Å²) in [7, 11) is 1.69. The number of ether oxygens (including phenoxy) is 1. The summed E-state index contributed by atoms with van der Waals surface area (Å²) in [6.07, 6.45) is 0. The van der Waals surface area contributed by atoms with Crippen LogP contribution in [0.5, 0.6) is 0 Å². The lowest BCUT2D eigenvalue weighted by Crippen LogP contribution is -2.39. The summed E-state index contributed by atoms with van der Waals surface area (Å²) >= 11 is 0. The maximum atomic E-state index is 13.7. The fourth-order valence-corrected chi connectivity index (χ4v) is 4.93. The Morgan fingerprint density at radius 1 is 0.971 bits per heavy atom. The zero-order valence-electron chi connectivity index (χ0n) is 20.6. The second-order valence-corrected chi connectivity index (χ2v) is 9.36. The summed E-state index contributed by atoms with van der Waals surface area (Å²) < 4.78 is 12.4. The maximum absolute atomic E-state index is 13.7. The van der Waals surface area contributed by atoms with Crippen LogP contribution in [-0.2, 0) is 24.9 Å². The van der Waals surface area contributed by atoms with Crippen LogP contribution in [0.15, 0.2) is 27.8 Å². The fourth-order valence-electron chi connectivity index (χ4n) is 4.93. The standard InChI is InChI=1S/C25H32N6O3/c1-16-6-7-17(2)20(14-16)15-30-23(32)21-22(27(5)25(30)33)26-24-29(18(3)19(4)31(21)24)9-8-28-10-12-34-13-11-28/h6-7,14H,8-13,15H2,1-5H3. The Labute approximate surface area is 197 Å². The second-order valence-electron chi connectivity index (χ2n) is 9.36. The number of imidazole rings is 2. The predicted octanol–water partition coefficient (Wildman–Crippen LogP) is 1.76. The first kappa shape index (κ1) is 22.6. The van der Waals surface area contributed by atoms with Gasteiger partial charge in [-0.25, -0.2) is 4.79 Å². The molecule has 9 heteroatoms. The fraction of sp³-hybridized carbons (Fsp3) is 0.480. The molecule has 1 aliphatic heterocycles. The zero-order valence-corrected chi connectivity index (χ0v) is 20.6. The number of morpholine rings is 1. The van der Waals surface area contributed by atoms with E-state index in [0.29, 0.717) is 16.9 Å². The summed E-state index contributed by atoms with van der Waals surface area (Å²) in [6.45, 7) is 13.3. The molecule has 5 rings (SSSR count). The summed E-state index contributed by atoms with van der Waals surface area (Å²) in [4.78, 5) is 34.1. The number of hydrogen-bond donors (Lipinski definition) is 0. The Balaban J connectivity index is 1.65. The zero-order chi connectivity index (χ0) is 24.1. The SMILES string of the molecule is Cc1ccc(C)c(Cn2c(=O)c3c(nc4n(CCN5CCOCC5)c(C)c(C)n34)n(C)c2=O)c1. The quantitative estimate of drug-likeness (QED) is 0.450. The lowest BCUT2D eigenvalue weighted by molar-refractivity contribution is 0.0364. The Hall–Kier alpha value is -3.17. The smallest absolute Gasteiger partial charge is 0.332 e. The van der Waals surface area contributed by atoms with Gasteiger partial charge in [0.2, 0.25) is 5.78 Å². The predicted molar refractivity (Wildman–Crippen MR) is 132 cm³/mol. The molecule has 34 heavy (non-hydrogen) atoms. The van der Waals surface area contributed by atoms with Gasteiger partial charge in [0.1, 0.15) is 0 Å². The number of aryl methyl sites for hydroxylation is 4. The first-order valence-corrected chi connectivity index (χ1v) is 11.8. The van der Waals surface area contributed by atoms with Gasteiger partial charge in [0.25, 0.3) is 5.56 Å². The molecule has 0 bridgehead atoms. The minimum absolute atomic E-state index is 0.234. The third-order valence-electron chi connectivity index (χ3n) is 7.21. The topological polar surface area (TPSA) is 78.7 Å². The minimum Gasteiger partial charge on any atom is -0.379 e. The van der Waals surface area contributed by atoms with E-state index in [1.165, 1.54) is 9.13 Å². The van der Waals surface area contributed by atoms with Crippen LogP contribution >= 0.6 is 0 Å². The van der Waals surface area contributed by atoms with E-state index in [0.717, 1.165) is 67.5 Å². The van der Waals surface area contributed by atoms with Gasteiger partial charge in [-0.15, -0.1) is 0 Å². The van der Waals surface area contributed by atoms with Crippen molar-refractivity contribution in [3.63, 3.8) is 0 Å². The van der Waals surface area contributed by atoms with E-state index in [-0.39, 0.29) is 17.8 Å². The highest BCUT2D eigenvalue weighted by Gasteiger charge is 2.23. The number of aromatic nitrogens is 5. The van der Waals surface area contributed by atoms with Crippen molar-refractivity contribution in [2.75, 3.05) is 32.8 Å². The number of rotatable bonds is 5. The Kier molecular flexibility index (Phi) is 5.69. The van der Waals surface area contributed by atoms with Crippen LogP contribution in [0.2, 0.25) is 0 Å². The van der Waals surface area contributed by atoms with E-state index >= 15 is 0 Å². The molecule has 0 atom stereocenters. The number of nitrogens with zero attached hydrogens (tertiary/aromatic N) is 6. The average Bonchev–Trinajstić information content (AvgIpc) is 3.32. The maximum Gasteiger partial charge on any atom is 0.332 e. The van der Waals surface area contributed by atoms with Crippen LogP contribution in [0, 0.1) is 27.7 Å². The summed E-state index contributed by atoms with van der Waals surface area (Å²) in [5.41, 5.74) is 5.38. The first-order chi connectivity index (χ1) is 16.3. The average molecular weight is 465 g/mol. The van der Waals surface area contributed by atoms with Crippen LogP contribution < -0.4 is 11.2 Å². The summed E-state index contributed by atoms with van der Waals surface area (Å²) in [5, 5.41) is 0. The van der Waals surface area contributed by atoms with Crippen molar-refractivity contribution in [3.05, 3.63) is 67.1 Å². The molecule has 0 N–H and O–H groups in total. The molecule has 0 aliphatic carbocycles. The van der Waals surface area contributed by atoms with E-state index < -0.39 is 0 Å². The van der Waals surface area contributed by atoms with Gasteiger partial charge in [0.15, 0.2) is 11.2 Å². The molecule has 9 nitrogen and oxygen atoms in total. The van der Waals surface area contributed by atoms with Gasteiger partial charge in [-0.3, -0.25) is 23.2 Å². The van der Waals surface area contributed by atoms with Crippen LogP contribution in [-0.4, -0.2) is 60.8 Å². The molecule has 1 saturated heterocycles. The van der Waals surface area contributed by atoms with Gasteiger partial charge in [-0.2, -0.15) is 4.98 Å². The highest BCUT2D eigenvalue weighted by atomic mass is 16.5. The summed E-state index contributed by atoms with van der Waals surface area (Å²) in [6, 6.07) is 6.10. The Morgan fingerprint density at radius 2 is 1.71 bits per heavy atom. The third-order valence-corrected chi connectivity index (χ3v) is 7.21. The van der Waals surface area contributed by atoms with Gasteiger partial charge >= 0.3 is 5.69 Å². The number of benzene rings is 1. The van der Waals surface area contributed by atoms with Crippen LogP contribution in [0.1, 0.15) is 28.1 Å². The monoisotopic (exact) mass is 464 g/mol. The van der Waals surface area contributed by atoms with Crippen molar-refractivity contribution in [3.8, 4) is 0 Å². The second kappa shape index (κ2) is 8.56. The Morgan fingerprint density at radius 3 is 2.44 bits per heavy atom. The minimum atomic E-state index is -0.353.